The Kier molecular flexibility index (Phi) is 3.61. The maximum absolute atomic E-state index is 11.3. The second-order valence-electron chi connectivity index (χ2n) is 4.29. The van der Waals surface area contributed by atoms with Crippen molar-refractivity contribution in [2.75, 3.05) is 5.73 Å². The second-order valence-corrected chi connectivity index (χ2v) is 7.07. The summed E-state index contributed by atoms with van der Waals surface area (Å²) in [5.74, 6) is -0.659. The van der Waals surface area contributed by atoms with E-state index in [0.717, 1.165) is 18.2 Å². The van der Waals surface area contributed by atoms with Gasteiger partial charge >= 0.3 is 0 Å². The molecule has 0 unspecified atom stereocenters. The third-order valence-electron chi connectivity index (χ3n) is 2.90. The number of phenols is 1. The Morgan fingerprint density at radius 2 is 1.50 bits per heavy atom. The molecule has 0 atom stereocenters. The highest BCUT2D eigenvalue weighted by atomic mass is 32.2. The van der Waals surface area contributed by atoms with Crippen LogP contribution in [-0.2, 0) is 20.2 Å². The van der Waals surface area contributed by atoms with Crippen LogP contribution in [-0.4, -0.2) is 37.8 Å². The van der Waals surface area contributed by atoms with E-state index in [1.165, 1.54) is 0 Å². The molecular weight excluding hydrogens is 336 g/mol. The molecule has 9 nitrogen and oxygen atoms in total. The zero-order chi connectivity index (χ0) is 16.9. The van der Waals surface area contributed by atoms with Crippen molar-refractivity contribution in [1.29, 1.82) is 0 Å². The summed E-state index contributed by atoms with van der Waals surface area (Å²) >= 11 is 0. The van der Waals surface area contributed by atoms with E-state index in [1.807, 2.05) is 0 Å². The molecule has 2 rings (SSSR count). The lowest BCUT2D eigenvalue weighted by atomic mass is 10.1. The van der Waals surface area contributed by atoms with E-state index in [2.05, 4.69) is 11.7 Å². The SMILES string of the molecule is C=Nc1c(S(=O)(=O)O)cc2cc(S(=O)(=O)O)c(N)cc2c1O. The molecule has 0 aliphatic rings. The van der Waals surface area contributed by atoms with E-state index in [0.29, 0.717) is 0 Å². The molecule has 22 heavy (non-hydrogen) atoms. The zero-order valence-electron chi connectivity index (χ0n) is 10.8. The number of fused-ring (bicyclic) bond motifs is 1. The Morgan fingerprint density at radius 3 is 1.95 bits per heavy atom. The number of anilines is 1. The van der Waals surface area contributed by atoms with E-state index in [-0.39, 0.29) is 16.5 Å². The predicted molar refractivity (Wildman–Crippen MR) is 78.9 cm³/mol. The highest BCUT2D eigenvalue weighted by Gasteiger charge is 2.23. The standard InChI is InChI=1S/C11H10N2O7S2/c1-13-10-9(22(18,19)20)3-5-2-8(21(15,16)17)7(12)4-6(5)11(10)14/h2-4,14H,1,12H2,(H,15,16,17)(H,18,19,20). The molecule has 0 saturated carbocycles. The number of hydrogen-bond acceptors (Lipinski definition) is 7. The molecule has 2 aromatic rings. The van der Waals surface area contributed by atoms with Gasteiger partial charge in [0, 0.05) is 5.39 Å². The molecule has 0 saturated heterocycles. The van der Waals surface area contributed by atoms with Crippen molar-refractivity contribution in [2.24, 2.45) is 4.99 Å². The van der Waals surface area contributed by atoms with E-state index in [9.17, 15) is 21.9 Å². The van der Waals surface area contributed by atoms with Crippen molar-refractivity contribution in [1.82, 2.24) is 0 Å². The van der Waals surface area contributed by atoms with Crippen LogP contribution < -0.4 is 5.73 Å². The molecule has 0 amide bonds. The quantitative estimate of drug-likeness (QED) is 0.362. The number of rotatable bonds is 3. The lowest BCUT2D eigenvalue weighted by Gasteiger charge is -2.11. The van der Waals surface area contributed by atoms with Crippen LogP contribution in [0.2, 0.25) is 0 Å². The first-order valence-electron chi connectivity index (χ1n) is 5.47. The average molecular weight is 346 g/mol. The highest BCUT2D eigenvalue weighted by Crippen LogP contribution is 2.42. The van der Waals surface area contributed by atoms with Crippen molar-refractivity contribution >= 4 is 49.1 Å². The maximum atomic E-state index is 11.3. The van der Waals surface area contributed by atoms with Crippen molar-refractivity contribution in [3.05, 3.63) is 18.2 Å². The molecule has 11 heteroatoms. The van der Waals surface area contributed by atoms with Gasteiger partial charge in [-0.15, -0.1) is 0 Å². The first kappa shape index (κ1) is 16.2. The van der Waals surface area contributed by atoms with Crippen molar-refractivity contribution in [3.8, 4) is 5.75 Å². The third-order valence-corrected chi connectivity index (χ3v) is 4.67. The molecule has 2 aromatic carbocycles. The van der Waals surface area contributed by atoms with Gasteiger partial charge in [-0.25, -0.2) is 0 Å². The Balaban J connectivity index is 3.05. The van der Waals surface area contributed by atoms with Gasteiger partial charge in [-0.05, 0) is 30.3 Å². The summed E-state index contributed by atoms with van der Waals surface area (Å²) in [6.07, 6.45) is 0. The van der Waals surface area contributed by atoms with Gasteiger partial charge in [0.2, 0.25) is 0 Å². The molecule has 0 aliphatic heterocycles. The van der Waals surface area contributed by atoms with E-state index >= 15 is 0 Å². The van der Waals surface area contributed by atoms with Crippen LogP contribution in [0.25, 0.3) is 10.8 Å². The third kappa shape index (κ3) is 2.62. The minimum atomic E-state index is -4.75. The summed E-state index contributed by atoms with van der Waals surface area (Å²) in [7, 11) is -9.41. The van der Waals surface area contributed by atoms with Crippen LogP contribution in [0.15, 0.2) is 33.0 Å². The number of hydrogen-bond donors (Lipinski definition) is 4. The number of phenolic OH excluding ortho intramolecular Hbond substituents is 1. The van der Waals surface area contributed by atoms with E-state index < -0.39 is 41.5 Å². The van der Waals surface area contributed by atoms with Crippen LogP contribution in [0.1, 0.15) is 0 Å². The summed E-state index contributed by atoms with van der Waals surface area (Å²) in [6.45, 7) is 3.10. The van der Waals surface area contributed by atoms with Crippen molar-refractivity contribution < 1.29 is 31.0 Å². The topological polar surface area (TPSA) is 167 Å². The Morgan fingerprint density at radius 1 is 1.00 bits per heavy atom. The number of nitrogen functional groups attached to an aromatic ring is 1. The molecule has 0 radical (unpaired) electrons. The smallest absolute Gasteiger partial charge is 0.296 e. The number of aliphatic imine (C=N–C) groups is 1. The number of benzene rings is 2. The molecule has 0 fully saturated rings. The first-order chi connectivity index (χ1) is 9.96. The number of nitrogens with zero attached hydrogens (tertiary/aromatic N) is 1. The minimum Gasteiger partial charge on any atom is -0.505 e. The van der Waals surface area contributed by atoms with Gasteiger partial charge in [0.1, 0.15) is 21.2 Å². The zero-order valence-corrected chi connectivity index (χ0v) is 12.4. The summed E-state index contributed by atoms with van der Waals surface area (Å²) < 4.78 is 63.3. The van der Waals surface area contributed by atoms with Crippen molar-refractivity contribution in [3.63, 3.8) is 0 Å². The molecule has 118 valence electrons. The molecular formula is C11H10N2O7S2. The highest BCUT2D eigenvalue weighted by molar-refractivity contribution is 7.86. The fourth-order valence-corrected chi connectivity index (χ4v) is 3.28. The van der Waals surface area contributed by atoms with Gasteiger partial charge in [-0.2, -0.15) is 16.8 Å². The van der Waals surface area contributed by atoms with Gasteiger partial charge in [-0.3, -0.25) is 14.1 Å². The molecule has 0 aromatic heterocycles. The van der Waals surface area contributed by atoms with Gasteiger partial charge < -0.3 is 10.8 Å². The fraction of sp³-hybridized carbons (Fsp3) is 0. The summed E-state index contributed by atoms with van der Waals surface area (Å²) in [5, 5.41) is 9.91. The Bertz CT molecular complexity index is 1010. The number of nitrogens with two attached hydrogens (primary N) is 1. The monoisotopic (exact) mass is 346 g/mol. The number of aromatic hydroxyl groups is 1. The minimum absolute atomic E-state index is 0.0281. The van der Waals surface area contributed by atoms with Gasteiger partial charge in [0.25, 0.3) is 20.2 Å². The maximum Gasteiger partial charge on any atom is 0.296 e. The summed E-state index contributed by atoms with van der Waals surface area (Å²) in [6, 6.07) is 2.76. The van der Waals surface area contributed by atoms with E-state index in [4.69, 9.17) is 14.8 Å². The first-order valence-corrected chi connectivity index (χ1v) is 8.35. The van der Waals surface area contributed by atoms with Crippen LogP contribution in [0.5, 0.6) is 5.75 Å². The Hall–Kier alpha value is -2.21. The lowest BCUT2D eigenvalue weighted by Crippen LogP contribution is -2.04. The fourth-order valence-electron chi connectivity index (χ4n) is 1.96. The molecule has 0 spiro atoms. The van der Waals surface area contributed by atoms with Crippen LogP contribution in [0.4, 0.5) is 11.4 Å². The molecule has 0 bridgehead atoms. The lowest BCUT2D eigenvalue weighted by molar-refractivity contribution is 0.472. The van der Waals surface area contributed by atoms with Crippen molar-refractivity contribution in [2.45, 2.75) is 9.79 Å². The second kappa shape index (κ2) is 4.91. The van der Waals surface area contributed by atoms with Gasteiger partial charge in [0.05, 0.1) is 5.69 Å². The van der Waals surface area contributed by atoms with Crippen LogP contribution in [0.3, 0.4) is 0 Å². The Labute approximate surface area is 125 Å². The summed E-state index contributed by atoms with van der Waals surface area (Å²) in [5.41, 5.74) is 4.63. The predicted octanol–water partition coefficient (Wildman–Crippen LogP) is 0.953. The van der Waals surface area contributed by atoms with Crippen LogP contribution >= 0.6 is 0 Å². The van der Waals surface area contributed by atoms with Gasteiger partial charge in [0.15, 0.2) is 0 Å². The summed E-state index contributed by atoms with van der Waals surface area (Å²) in [4.78, 5) is 1.91. The van der Waals surface area contributed by atoms with Crippen LogP contribution in [0, 0.1) is 0 Å². The largest absolute Gasteiger partial charge is 0.505 e. The molecule has 0 aliphatic carbocycles. The molecule has 5 N–H and O–H groups in total. The normalized spacial score (nSPS) is 12.5. The van der Waals surface area contributed by atoms with Gasteiger partial charge in [-0.1, -0.05) is 0 Å². The average Bonchev–Trinajstić information content (AvgIpc) is 2.36. The molecule has 0 heterocycles. The van der Waals surface area contributed by atoms with E-state index in [1.54, 1.807) is 0 Å².